The van der Waals surface area contributed by atoms with Gasteiger partial charge in [-0.3, -0.25) is 4.79 Å². The number of anilines is 2. The van der Waals surface area contributed by atoms with Crippen LogP contribution in [0.3, 0.4) is 0 Å². The molecule has 0 fully saturated rings. The smallest absolute Gasteiger partial charge is 0.228 e. The van der Waals surface area contributed by atoms with Crippen LogP contribution < -0.4 is 10.6 Å². The molecule has 0 aliphatic rings. The monoisotopic (exact) mass is 559 g/mol. The average molecular weight is 560 g/mol. The maximum Gasteiger partial charge on any atom is 0.228 e. The van der Waals surface area contributed by atoms with Gasteiger partial charge in [-0.15, -0.1) is 0 Å². The number of nitrogens with zero attached hydrogens (tertiary/aromatic N) is 3. The van der Waals surface area contributed by atoms with Gasteiger partial charge in [0.1, 0.15) is 11.6 Å². The molecule has 5 aromatic rings. The summed E-state index contributed by atoms with van der Waals surface area (Å²) in [5.41, 5.74) is 3.93. The van der Waals surface area contributed by atoms with E-state index in [1.54, 1.807) is 41.0 Å². The van der Waals surface area contributed by atoms with Crippen molar-refractivity contribution in [3.05, 3.63) is 94.6 Å². The van der Waals surface area contributed by atoms with Gasteiger partial charge >= 0.3 is 0 Å². The van der Waals surface area contributed by atoms with E-state index in [0.29, 0.717) is 40.5 Å². The number of carbonyl (C=O) groups excluding carboxylic acids is 1. The van der Waals surface area contributed by atoms with Gasteiger partial charge in [-0.2, -0.15) is 9.61 Å². The molecule has 0 radical (unpaired) electrons. The van der Waals surface area contributed by atoms with Crippen LogP contribution in [0.15, 0.2) is 83.5 Å². The highest BCUT2D eigenvalue weighted by Crippen LogP contribution is 2.31. The minimum Gasteiger partial charge on any atom is -0.507 e. The molecule has 10 heteroatoms. The first-order valence-electron chi connectivity index (χ1n) is 11.3. The summed E-state index contributed by atoms with van der Waals surface area (Å²) in [5.74, 6) is 0.0617. The zero-order valence-corrected chi connectivity index (χ0v) is 21.0. The Morgan fingerprint density at radius 2 is 1.73 bits per heavy atom. The van der Waals surface area contributed by atoms with E-state index in [9.17, 15) is 20.1 Å². The number of para-hydroxylation sites is 1. The van der Waals surface area contributed by atoms with Crippen molar-refractivity contribution < 1.29 is 20.1 Å². The third-order valence-corrected chi connectivity index (χ3v) is 6.26. The van der Waals surface area contributed by atoms with E-state index < -0.39 is 0 Å². The largest absolute Gasteiger partial charge is 0.507 e. The summed E-state index contributed by atoms with van der Waals surface area (Å²) in [5, 5.41) is 40.0. The van der Waals surface area contributed by atoms with E-state index in [1.807, 2.05) is 30.3 Å². The summed E-state index contributed by atoms with van der Waals surface area (Å²) in [7, 11) is 0. The third kappa shape index (κ3) is 5.34. The molecule has 0 unspecified atom stereocenters. The summed E-state index contributed by atoms with van der Waals surface area (Å²) in [4.78, 5) is 17.2. The molecule has 0 atom stereocenters. The van der Waals surface area contributed by atoms with Gasteiger partial charge in [0.2, 0.25) is 5.91 Å². The Kier molecular flexibility index (Phi) is 6.65. The zero-order chi connectivity index (χ0) is 25.9. The number of benzene rings is 3. The van der Waals surface area contributed by atoms with E-state index in [0.717, 1.165) is 10.0 Å². The number of halogens is 1. The molecule has 3 aromatic carbocycles. The SMILES string of the molecule is O=C(Cc1ccc(O)c(O)c1)Nc1cccc(CNc2cc(-c3ccccc3O)nc3c(Br)cnn23)c1. The van der Waals surface area contributed by atoms with Crippen LogP contribution in [0.5, 0.6) is 17.2 Å². The average Bonchev–Trinajstić information content (AvgIpc) is 3.26. The summed E-state index contributed by atoms with van der Waals surface area (Å²) in [6, 6.07) is 20.6. The fourth-order valence-corrected chi connectivity index (χ4v) is 4.26. The Labute approximate surface area is 220 Å². The van der Waals surface area contributed by atoms with Crippen molar-refractivity contribution in [3.63, 3.8) is 0 Å². The topological polar surface area (TPSA) is 132 Å². The number of fused-ring (bicyclic) bond motifs is 1. The quantitative estimate of drug-likeness (QED) is 0.176. The molecule has 0 aliphatic carbocycles. The van der Waals surface area contributed by atoms with E-state index in [4.69, 9.17) is 0 Å². The van der Waals surface area contributed by atoms with Crippen LogP contribution in [0.1, 0.15) is 11.1 Å². The van der Waals surface area contributed by atoms with E-state index in [2.05, 4.69) is 36.6 Å². The van der Waals surface area contributed by atoms with Crippen LogP contribution in [-0.2, 0) is 17.8 Å². The van der Waals surface area contributed by atoms with E-state index in [-0.39, 0.29) is 29.6 Å². The lowest BCUT2D eigenvalue weighted by molar-refractivity contribution is -0.115. The highest BCUT2D eigenvalue weighted by atomic mass is 79.9. The summed E-state index contributed by atoms with van der Waals surface area (Å²) < 4.78 is 2.39. The molecule has 9 nitrogen and oxygen atoms in total. The number of phenols is 3. The highest BCUT2D eigenvalue weighted by Gasteiger charge is 2.14. The van der Waals surface area contributed by atoms with Crippen molar-refractivity contribution in [1.29, 1.82) is 0 Å². The molecule has 0 aliphatic heterocycles. The number of amides is 1. The summed E-state index contributed by atoms with van der Waals surface area (Å²) >= 11 is 3.48. The molecule has 2 heterocycles. The number of hydrogen-bond acceptors (Lipinski definition) is 7. The number of carbonyl (C=O) groups is 1. The fourth-order valence-electron chi connectivity index (χ4n) is 3.91. The second-order valence-corrected chi connectivity index (χ2v) is 9.23. The molecule has 37 heavy (non-hydrogen) atoms. The Hall–Kier alpha value is -4.57. The van der Waals surface area contributed by atoms with Gasteiger partial charge in [-0.05, 0) is 63.5 Å². The molecule has 5 rings (SSSR count). The van der Waals surface area contributed by atoms with Crippen molar-refractivity contribution in [2.75, 3.05) is 10.6 Å². The van der Waals surface area contributed by atoms with E-state index in [1.165, 1.54) is 12.1 Å². The van der Waals surface area contributed by atoms with Crippen LogP contribution in [0, 0.1) is 0 Å². The number of rotatable bonds is 7. The number of phenolic OH excluding ortho intramolecular Hbond substituents is 3. The van der Waals surface area contributed by atoms with Gasteiger partial charge in [0, 0.05) is 23.9 Å². The Bertz CT molecular complexity index is 1620. The maximum absolute atomic E-state index is 12.5. The van der Waals surface area contributed by atoms with Crippen LogP contribution >= 0.6 is 15.9 Å². The molecule has 5 N–H and O–H groups in total. The predicted octanol–water partition coefficient (Wildman–Crippen LogP) is 5.07. The Morgan fingerprint density at radius 3 is 2.54 bits per heavy atom. The molecular weight excluding hydrogens is 538 g/mol. The summed E-state index contributed by atoms with van der Waals surface area (Å²) in [6.07, 6.45) is 1.71. The van der Waals surface area contributed by atoms with Crippen LogP contribution in [0.4, 0.5) is 11.5 Å². The minimum atomic E-state index is -0.265. The third-order valence-electron chi connectivity index (χ3n) is 5.70. The molecule has 0 bridgehead atoms. The van der Waals surface area contributed by atoms with Gasteiger partial charge in [-0.25, -0.2) is 4.98 Å². The van der Waals surface area contributed by atoms with Crippen molar-refractivity contribution in [2.45, 2.75) is 13.0 Å². The van der Waals surface area contributed by atoms with Gasteiger partial charge < -0.3 is 26.0 Å². The standard InChI is InChI=1S/C27H22BrN5O4/c28-20-15-30-33-25(13-21(32-27(20)33)19-6-1-2-7-22(19)34)29-14-17-4-3-5-18(10-17)31-26(37)12-16-8-9-23(35)24(36)11-16/h1-11,13,15,29,34-36H,12,14H2,(H,31,37). The second-order valence-electron chi connectivity index (χ2n) is 8.37. The van der Waals surface area contributed by atoms with Crippen LogP contribution in [-0.4, -0.2) is 35.8 Å². The maximum atomic E-state index is 12.5. The van der Waals surface area contributed by atoms with Crippen molar-refractivity contribution >= 4 is 39.0 Å². The second kappa shape index (κ2) is 10.2. The van der Waals surface area contributed by atoms with Crippen molar-refractivity contribution in [1.82, 2.24) is 14.6 Å². The van der Waals surface area contributed by atoms with Crippen molar-refractivity contribution in [2.24, 2.45) is 0 Å². The molecule has 0 spiro atoms. The normalized spacial score (nSPS) is 10.9. The van der Waals surface area contributed by atoms with Crippen LogP contribution in [0.2, 0.25) is 0 Å². The number of hydrogen-bond donors (Lipinski definition) is 5. The van der Waals surface area contributed by atoms with Crippen LogP contribution in [0.25, 0.3) is 16.9 Å². The molecule has 186 valence electrons. The van der Waals surface area contributed by atoms with Crippen molar-refractivity contribution in [3.8, 4) is 28.5 Å². The fraction of sp³-hybridized carbons (Fsp3) is 0.0741. The Morgan fingerprint density at radius 1 is 0.892 bits per heavy atom. The van der Waals surface area contributed by atoms with Gasteiger partial charge in [-0.1, -0.05) is 30.3 Å². The summed E-state index contributed by atoms with van der Waals surface area (Å²) in [6.45, 7) is 0.437. The van der Waals surface area contributed by atoms with Gasteiger partial charge in [0.15, 0.2) is 17.1 Å². The molecule has 0 saturated heterocycles. The first kappa shape index (κ1) is 24.1. The predicted molar refractivity (Wildman–Crippen MR) is 144 cm³/mol. The molecular formula is C27H22BrN5O4. The first-order valence-corrected chi connectivity index (χ1v) is 12.1. The number of aromatic nitrogens is 3. The highest BCUT2D eigenvalue weighted by molar-refractivity contribution is 9.10. The molecule has 1 amide bonds. The van der Waals surface area contributed by atoms with Gasteiger partial charge in [0.25, 0.3) is 0 Å². The van der Waals surface area contributed by atoms with E-state index >= 15 is 0 Å². The number of nitrogens with one attached hydrogen (secondary N) is 2. The lowest BCUT2D eigenvalue weighted by atomic mass is 10.1. The molecule has 0 saturated carbocycles. The number of aromatic hydroxyl groups is 3. The zero-order valence-electron chi connectivity index (χ0n) is 19.4. The molecule has 2 aromatic heterocycles. The minimum absolute atomic E-state index is 0.0502. The first-order chi connectivity index (χ1) is 17.9. The lowest BCUT2D eigenvalue weighted by Gasteiger charge is -2.13. The Balaban J connectivity index is 1.33. The van der Waals surface area contributed by atoms with Gasteiger partial charge in [0.05, 0.1) is 22.8 Å². The lowest BCUT2D eigenvalue weighted by Crippen LogP contribution is -2.14.